The van der Waals surface area contributed by atoms with Crippen molar-refractivity contribution in [2.24, 2.45) is 0 Å². The molecular formula is C6H10O2. The van der Waals surface area contributed by atoms with E-state index in [9.17, 15) is 4.79 Å². The van der Waals surface area contributed by atoms with Crippen LogP contribution >= 0.6 is 0 Å². The minimum Gasteiger partial charge on any atom is -0.373 e. The molecule has 2 nitrogen and oxygen atoms in total. The first-order chi connectivity index (χ1) is 3.79. The van der Waals surface area contributed by atoms with Crippen LogP contribution in [0.5, 0.6) is 0 Å². The molecule has 0 amide bonds. The van der Waals surface area contributed by atoms with Gasteiger partial charge < -0.3 is 9.53 Å². The third-order valence-corrected chi connectivity index (χ3v) is 1.22. The van der Waals surface area contributed by atoms with Gasteiger partial charge in [0.2, 0.25) is 0 Å². The second-order valence-corrected chi connectivity index (χ2v) is 2.20. The Kier molecular flexibility index (Phi) is 1.63. The van der Waals surface area contributed by atoms with Gasteiger partial charge in [0.1, 0.15) is 5.78 Å². The first-order valence-corrected chi connectivity index (χ1v) is 2.90. The standard InChI is InChI=1S/C6H10O2/c1-5(7)2-3-6-4-8-6/h6H,2-4H2,1H3/t6-/m0/s1. The third-order valence-electron chi connectivity index (χ3n) is 1.22. The van der Waals surface area contributed by atoms with Crippen LogP contribution in [0, 0.1) is 0 Å². The largest absolute Gasteiger partial charge is 0.373 e. The SMILES string of the molecule is CC(=O)CC[C@H]1CO1. The number of epoxide rings is 1. The topological polar surface area (TPSA) is 29.6 Å². The first-order valence-electron chi connectivity index (χ1n) is 2.90. The van der Waals surface area contributed by atoms with Crippen molar-refractivity contribution in [2.45, 2.75) is 25.9 Å². The molecule has 0 aromatic carbocycles. The van der Waals surface area contributed by atoms with E-state index < -0.39 is 0 Å². The average molecular weight is 114 g/mol. The molecule has 1 aliphatic heterocycles. The van der Waals surface area contributed by atoms with Crippen LogP contribution in [0.3, 0.4) is 0 Å². The summed E-state index contributed by atoms with van der Waals surface area (Å²) in [5.74, 6) is 0.264. The molecule has 8 heavy (non-hydrogen) atoms. The van der Waals surface area contributed by atoms with E-state index in [1.54, 1.807) is 6.92 Å². The summed E-state index contributed by atoms with van der Waals surface area (Å²) in [5, 5.41) is 0. The molecule has 1 fully saturated rings. The summed E-state index contributed by atoms with van der Waals surface area (Å²) in [4.78, 5) is 10.3. The van der Waals surface area contributed by atoms with Crippen molar-refractivity contribution in [1.82, 2.24) is 0 Å². The highest BCUT2D eigenvalue weighted by molar-refractivity contribution is 5.75. The normalized spacial score (nSPS) is 25.4. The van der Waals surface area contributed by atoms with Crippen molar-refractivity contribution in [3.63, 3.8) is 0 Å². The lowest BCUT2D eigenvalue weighted by molar-refractivity contribution is -0.117. The highest BCUT2D eigenvalue weighted by atomic mass is 16.6. The molecule has 0 radical (unpaired) electrons. The molecule has 0 aliphatic carbocycles. The maximum Gasteiger partial charge on any atom is 0.129 e. The van der Waals surface area contributed by atoms with Crippen LogP contribution in [-0.4, -0.2) is 18.5 Å². The summed E-state index contributed by atoms with van der Waals surface area (Å²) in [7, 11) is 0. The van der Waals surface area contributed by atoms with E-state index in [0.29, 0.717) is 12.5 Å². The Balaban J connectivity index is 1.95. The van der Waals surface area contributed by atoms with Gasteiger partial charge in [0.15, 0.2) is 0 Å². The van der Waals surface area contributed by atoms with E-state index in [-0.39, 0.29) is 5.78 Å². The first kappa shape index (κ1) is 5.76. The predicted molar refractivity (Wildman–Crippen MR) is 29.7 cm³/mol. The second kappa shape index (κ2) is 2.27. The second-order valence-electron chi connectivity index (χ2n) is 2.20. The molecule has 0 aromatic rings. The fraction of sp³-hybridized carbons (Fsp3) is 0.833. The number of hydrogen-bond acceptors (Lipinski definition) is 2. The summed E-state index contributed by atoms with van der Waals surface area (Å²) >= 11 is 0. The quantitative estimate of drug-likeness (QED) is 0.507. The van der Waals surface area contributed by atoms with Gasteiger partial charge in [-0.15, -0.1) is 0 Å². The molecule has 0 N–H and O–H groups in total. The summed E-state index contributed by atoms with van der Waals surface area (Å²) in [5.41, 5.74) is 0. The zero-order valence-electron chi connectivity index (χ0n) is 5.02. The molecule has 46 valence electrons. The summed E-state index contributed by atoms with van der Waals surface area (Å²) in [6.45, 7) is 2.48. The van der Waals surface area contributed by atoms with Crippen molar-refractivity contribution in [3.8, 4) is 0 Å². The van der Waals surface area contributed by atoms with Crippen LogP contribution < -0.4 is 0 Å². The third kappa shape index (κ3) is 2.07. The van der Waals surface area contributed by atoms with Crippen LogP contribution in [0.1, 0.15) is 19.8 Å². The van der Waals surface area contributed by atoms with E-state index >= 15 is 0 Å². The van der Waals surface area contributed by atoms with E-state index in [2.05, 4.69) is 0 Å². The van der Waals surface area contributed by atoms with Crippen molar-refractivity contribution < 1.29 is 9.53 Å². The molecule has 2 heteroatoms. The fourth-order valence-electron chi connectivity index (χ4n) is 0.599. The molecule has 0 saturated carbocycles. The minimum absolute atomic E-state index is 0.264. The lowest BCUT2D eigenvalue weighted by atomic mass is 10.2. The molecule has 1 atom stereocenters. The number of carbonyl (C=O) groups is 1. The Morgan fingerprint density at radius 1 is 1.88 bits per heavy atom. The Morgan fingerprint density at radius 3 is 2.88 bits per heavy atom. The smallest absolute Gasteiger partial charge is 0.129 e. The van der Waals surface area contributed by atoms with E-state index in [4.69, 9.17) is 4.74 Å². The van der Waals surface area contributed by atoms with Gasteiger partial charge in [-0.3, -0.25) is 0 Å². The Bertz CT molecular complexity index is 94.7. The van der Waals surface area contributed by atoms with Gasteiger partial charge in [-0.05, 0) is 13.3 Å². The maximum atomic E-state index is 10.3. The minimum atomic E-state index is 0.264. The molecule has 1 saturated heterocycles. The Labute approximate surface area is 48.8 Å². The molecular weight excluding hydrogens is 104 g/mol. The fourth-order valence-corrected chi connectivity index (χ4v) is 0.599. The number of hydrogen-bond donors (Lipinski definition) is 0. The van der Waals surface area contributed by atoms with Crippen molar-refractivity contribution in [1.29, 1.82) is 0 Å². The summed E-state index contributed by atoms with van der Waals surface area (Å²) in [6, 6.07) is 0. The molecule has 1 heterocycles. The number of ketones is 1. The Hall–Kier alpha value is -0.370. The highest BCUT2D eigenvalue weighted by Gasteiger charge is 2.21. The van der Waals surface area contributed by atoms with Gasteiger partial charge in [-0.25, -0.2) is 0 Å². The lowest BCUT2D eigenvalue weighted by Crippen LogP contribution is -1.92. The van der Waals surface area contributed by atoms with Gasteiger partial charge in [-0.1, -0.05) is 0 Å². The molecule has 1 rings (SSSR count). The van der Waals surface area contributed by atoms with Crippen molar-refractivity contribution in [3.05, 3.63) is 0 Å². The van der Waals surface area contributed by atoms with Crippen LogP contribution in [0.4, 0.5) is 0 Å². The summed E-state index contributed by atoms with van der Waals surface area (Å²) < 4.78 is 4.91. The number of ether oxygens (including phenoxy) is 1. The van der Waals surface area contributed by atoms with Crippen LogP contribution in [0.25, 0.3) is 0 Å². The zero-order chi connectivity index (χ0) is 5.98. The van der Waals surface area contributed by atoms with Gasteiger partial charge in [0.05, 0.1) is 12.7 Å². The number of rotatable bonds is 3. The Morgan fingerprint density at radius 2 is 2.50 bits per heavy atom. The van der Waals surface area contributed by atoms with E-state index in [0.717, 1.165) is 13.0 Å². The van der Waals surface area contributed by atoms with Gasteiger partial charge in [0.25, 0.3) is 0 Å². The molecule has 0 bridgehead atoms. The molecule has 0 spiro atoms. The number of Topliss-reactive ketones (excluding diaryl/α,β-unsaturated/α-hetero) is 1. The molecule has 0 unspecified atom stereocenters. The van der Waals surface area contributed by atoms with E-state index in [1.165, 1.54) is 0 Å². The van der Waals surface area contributed by atoms with Gasteiger partial charge in [-0.2, -0.15) is 0 Å². The highest BCUT2D eigenvalue weighted by Crippen LogP contribution is 2.14. The average Bonchev–Trinajstić information content (AvgIpc) is 2.41. The van der Waals surface area contributed by atoms with Gasteiger partial charge in [0, 0.05) is 6.42 Å². The maximum absolute atomic E-state index is 10.3. The lowest BCUT2D eigenvalue weighted by Gasteiger charge is -1.86. The summed E-state index contributed by atoms with van der Waals surface area (Å²) in [6.07, 6.45) is 2.03. The van der Waals surface area contributed by atoms with Gasteiger partial charge >= 0.3 is 0 Å². The van der Waals surface area contributed by atoms with Crippen molar-refractivity contribution >= 4 is 5.78 Å². The molecule has 0 aromatic heterocycles. The van der Waals surface area contributed by atoms with Crippen molar-refractivity contribution in [2.75, 3.05) is 6.61 Å². The number of carbonyl (C=O) groups excluding carboxylic acids is 1. The zero-order valence-corrected chi connectivity index (χ0v) is 5.02. The van der Waals surface area contributed by atoms with Crippen LogP contribution in [0.15, 0.2) is 0 Å². The molecule has 1 aliphatic rings. The van der Waals surface area contributed by atoms with Crippen LogP contribution in [0.2, 0.25) is 0 Å². The van der Waals surface area contributed by atoms with Crippen LogP contribution in [-0.2, 0) is 9.53 Å². The predicted octanol–water partition coefficient (Wildman–Crippen LogP) is 0.754. The monoisotopic (exact) mass is 114 g/mol. The van der Waals surface area contributed by atoms with E-state index in [1.807, 2.05) is 0 Å².